The number of aliphatic hydroxyl groups is 1. The smallest absolute Gasteiger partial charge is 0.333 e. The second kappa shape index (κ2) is 12.8. The van der Waals surface area contributed by atoms with Crippen molar-refractivity contribution in [2.45, 2.75) is 44.6 Å². The van der Waals surface area contributed by atoms with Crippen molar-refractivity contribution in [3.05, 3.63) is 24.0 Å². The van der Waals surface area contributed by atoms with Crippen LogP contribution in [0.25, 0.3) is 0 Å². The fourth-order valence-electron chi connectivity index (χ4n) is 1.94. The van der Waals surface area contributed by atoms with Gasteiger partial charge < -0.3 is 41.5 Å². The minimum absolute atomic E-state index is 0.0174. The molecule has 2 heterocycles. The number of aliphatic hydroxyl groups excluding tert-OH is 1. The van der Waals surface area contributed by atoms with Crippen LogP contribution in [0.3, 0.4) is 0 Å². The standard InChI is InChI=1S/C11H15NO4.C3H7NO2.C2H5NO2/c13-7-9-3-4-10(16-9)12-5-1-2-8(6-12)11(14)15;1-2(4)3(5)6;3-1-2(4)5/h1,5-6,9-10,13H,2-4,7H2,(H,14,15);2H,4H2,1H3,(H,5,6);1,3H2,(H,4,5). The molecule has 1 fully saturated rings. The number of carboxylic acid groups (broad SMARTS) is 3. The summed E-state index contributed by atoms with van der Waals surface area (Å²) in [4.78, 5) is 31.4. The highest BCUT2D eigenvalue weighted by molar-refractivity contribution is 5.87. The third-order valence-corrected chi connectivity index (χ3v) is 3.38. The molecule has 2 aliphatic rings. The summed E-state index contributed by atoms with van der Waals surface area (Å²) in [6.07, 6.45) is 7.02. The van der Waals surface area contributed by atoms with Crippen LogP contribution in [0.1, 0.15) is 26.2 Å². The van der Waals surface area contributed by atoms with E-state index in [0.29, 0.717) is 12.0 Å². The first-order valence-corrected chi connectivity index (χ1v) is 8.17. The maximum absolute atomic E-state index is 10.8. The van der Waals surface area contributed by atoms with Crippen LogP contribution in [0.2, 0.25) is 0 Å². The second-order valence-electron chi connectivity index (χ2n) is 5.69. The first-order valence-electron chi connectivity index (χ1n) is 8.17. The van der Waals surface area contributed by atoms with Gasteiger partial charge in [-0.3, -0.25) is 9.59 Å². The zero-order valence-corrected chi connectivity index (χ0v) is 15.0. The molecule has 11 heteroatoms. The Hall–Kier alpha value is -2.47. The molecule has 3 unspecified atom stereocenters. The molecule has 0 aromatic carbocycles. The Kier molecular flexibility index (Phi) is 11.6. The van der Waals surface area contributed by atoms with Gasteiger partial charge in [-0.2, -0.15) is 0 Å². The van der Waals surface area contributed by atoms with Gasteiger partial charge in [-0.25, -0.2) is 4.79 Å². The van der Waals surface area contributed by atoms with Crippen LogP contribution in [0.15, 0.2) is 24.0 Å². The molecule has 0 saturated carbocycles. The quantitative estimate of drug-likeness (QED) is 0.341. The average Bonchev–Trinajstić information content (AvgIpc) is 3.12. The lowest BCUT2D eigenvalue weighted by atomic mass is 10.1. The summed E-state index contributed by atoms with van der Waals surface area (Å²) in [5, 5.41) is 33.3. The number of nitrogens with two attached hydrogens (primary N) is 2. The molecule has 0 aromatic rings. The van der Waals surface area contributed by atoms with E-state index in [2.05, 4.69) is 5.73 Å². The third-order valence-electron chi connectivity index (χ3n) is 3.38. The summed E-state index contributed by atoms with van der Waals surface area (Å²) in [6.45, 7) is 1.16. The van der Waals surface area contributed by atoms with E-state index >= 15 is 0 Å². The topological polar surface area (TPSA) is 197 Å². The monoisotopic (exact) mass is 389 g/mol. The van der Waals surface area contributed by atoms with Crippen molar-refractivity contribution >= 4 is 17.9 Å². The fraction of sp³-hybridized carbons (Fsp3) is 0.562. The average molecular weight is 389 g/mol. The van der Waals surface area contributed by atoms with E-state index in [-0.39, 0.29) is 25.5 Å². The van der Waals surface area contributed by atoms with E-state index in [0.717, 1.165) is 12.8 Å². The number of nitrogens with zero attached hydrogens (tertiary/aromatic N) is 1. The van der Waals surface area contributed by atoms with E-state index in [1.165, 1.54) is 6.92 Å². The molecule has 11 nitrogen and oxygen atoms in total. The Morgan fingerprint density at radius 3 is 2.22 bits per heavy atom. The van der Waals surface area contributed by atoms with Gasteiger partial charge >= 0.3 is 17.9 Å². The van der Waals surface area contributed by atoms with Crippen LogP contribution < -0.4 is 11.5 Å². The third kappa shape index (κ3) is 10.3. The highest BCUT2D eigenvalue weighted by Crippen LogP contribution is 2.25. The van der Waals surface area contributed by atoms with Gasteiger partial charge in [0.15, 0.2) is 0 Å². The molecule has 0 spiro atoms. The molecule has 0 bridgehead atoms. The number of ether oxygens (including phenoxy) is 1. The van der Waals surface area contributed by atoms with Crippen LogP contribution >= 0.6 is 0 Å². The maximum Gasteiger partial charge on any atom is 0.333 e. The number of rotatable bonds is 5. The SMILES string of the molecule is CC(N)C(=O)O.NCC(=O)O.O=C(O)C1=CN(C2CCC(CO)O2)C=CC1. The number of hydrogen-bond donors (Lipinski definition) is 6. The van der Waals surface area contributed by atoms with E-state index in [9.17, 15) is 14.4 Å². The highest BCUT2D eigenvalue weighted by Gasteiger charge is 2.28. The Balaban J connectivity index is 0.000000511. The van der Waals surface area contributed by atoms with Gasteiger partial charge in [-0.05, 0) is 19.8 Å². The Morgan fingerprint density at radius 1 is 1.30 bits per heavy atom. The van der Waals surface area contributed by atoms with Crippen molar-refractivity contribution in [3.8, 4) is 0 Å². The lowest BCUT2D eigenvalue weighted by Gasteiger charge is -2.26. The number of carboxylic acids is 3. The molecule has 154 valence electrons. The first kappa shape index (κ1) is 24.5. The Bertz CT molecular complexity index is 562. The van der Waals surface area contributed by atoms with E-state index < -0.39 is 23.9 Å². The van der Waals surface area contributed by atoms with Crippen LogP contribution in [0, 0.1) is 0 Å². The molecule has 2 aliphatic heterocycles. The normalized spacial score (nSPS) is 21.8. The summed E-state index contributed by atoms with van der Waals surface area (Å²) < 4.78 is 5.57. The lowest BCUT2D eigenvalue weighted by Crippen LogP contribution is -2.29. The summed E-state index contributed by atoms with van der Waals surface area (Å²) in [5.74, 6) is -2.83. The molecule has 27 heavy (non-hydrogen) atoms. The minimum atomic E-state index is -0.968. The number of hydrogen-bond acceptors (Lipinski definition) is 8. The Morgan fingerprint density at radius 2 is 1.85 bits per heavy atom. The summed E-state index contributed by atoms with van der Waals surface area (Å²) in [5.41, 5.74) is 9.77. The molecular formula is C16H27N3O8. The molecule has 0 amide bonds. The molecule has 1 saturated heterocycles. The number of allylic oxidation sites excluding steroid dienone is 1. The van der Waals surface area contributed by atoms with Crippen molar-refractivity contribution in [1.82, 2.24) is 4.90 Å². The van der Waals surface area contributed by atoms with Crippen molar-refractivity contribution < 1.29 is 39.5 Å². The van der Waals surface area contributed by atoms with Crippen LogP contribution in [0.5, 0.6) is 0 Å². The van der Waals surface area contributed by atoms with Crippen molar-refractivity contribution in [2.75, 3.05) is 13.2 Å². The van der Waals surface area contributed by atoms with Crippen LogP contribution in [0.4, 0.5) is 0 Å². The predicted molar refractivity (Wildman–Crippen MR) is 94.3 cm³/mol. The molecule has 2 rings (SSSR count). The lowest BCUT2D eigenvalue weighted by molar-refractivity contribution is -0.138. The predicted octanol–water partition coefficient (Wildman–Crippen LogP) is -0.880. The number of aliphatic carboxylic acids is 3. The second-order valence-corrected chi connectivity index (χ2v) is 5.69. The van der Waals surface area contributed by atoms with Gasteiger partial charge in [0.2, 0.25) is 0 Å². The van der Waals surface area contributed by atoms with Gasteiger partial charge in [-0.15, -0.1) is 0 Å². The highest BCUT2D eigenvalue weighted by atomic mass is 16.5. The molecule has 0 aromatic heterocycles. The van der Waals surface area contributed by atoms with E-state index in [1.54, 1.807) is 17.2 Å². The van der Waals surface area contributed by atoms with E-state index in [1.807, 2.05) is 6.20 Å². The van der Waals surface area contributed by atoms with E-state index in [4.69, 9.17) is 30.9 Å². The number of carbonyl (C=O) groups is 3. The van der Waals surface area contributed by atoms with Gasteiger partial charge in [0.25, 0.3) is 0 Å². The molecule has 0 aliphatic carbocycles. The van der Waals surface area contributed by atoms with Crippen molar-refractivity contribution in [3.63, 3.8) is 0 Å². The molecule has 8 N–H and O–H groups in total. The Labute approximate surface area is 156 Å². The molecular weight excluding hydrogens is 362 g/mol. The largest absolute Gasteiger partial charge is 0.480 e. The van der Waals surface area contributed by atoms with Gasteiger partial charge in [0.05, 0.1) is 24.8 Å². The summed E-state index contributed by atoms with van der Waals surface area (Å²) in [7, 11) is 0. The van der Waals surface area contributed by atoms with Gasteiger partial charge in [0.1, 0.15) is 12.3 Å². The van der Waals surface area contributed by atoms with Crippen LogP contribution in [-0.2, 0) is 19.1 Å². The van der Waals surface area contributed by atoms with Gasteiger partial charge in [-0.1, -0.05) is 6.08 Å². The minimum Gasteiger partial charge on any atom is -0.480 e. The summed E-state index contributed by atoms with van der Waals surface area (Å²) in [6, 6.07) is -0.731. The first-order chi connectivity index (χ1) is 12.6. The molecule has 3 atom stereocenters. The van der Waals surface area contributed by atoms with Crippen molar-refractivity contribution in [1.29, 1.82) is 0 Å². The fourth-order valence-corrected chi connectivity index (χ4v) is 1.94. The zero-order valence-electron chi connectivity index (χ0n) is 15.0. The van der Waals surface area contributed by atoms with Crippen molar-refractivity contribution in [2.24, 2.45) is 11.5 Å². The maximum atomic E-state index is 10.8. The molecule has 0 radical (unpaired) electrons. The summed E-state index contributed by atoms with van der Waals surface area (Å²) >= 11 is 0. The van der Waals surface area contributed by atoms with Gasteiger partial charge in [0, 0.05) is 18.8 Å². The zero-order chi connectivity index (χ0) is 21.0. The van der Waals surface area contributed by atoms with Crippen LogP contribution in [-0.4, -0.2) is 74.8 Å².